The van der Waals surface area contributed by atoms with Crippen LogP contribution in [0.15, 0.2) is 152 Å². The van der Waals surface area contributed by atoms with Crippen molar-refractivity contribution < 1.29 is 4.58 Å². The quantitative estimate of drug-likeness (QED) is 0.141. The van der Waals surface area contributed by atoms with Crippen molar-refractivity contribution in [2.75, 3.05) is 0 Å². The lowest BCUT2D eigenvalue weighted by Gasteiger charge is -2.39. The van der Waals surface area contributed by atoms with Gasteiger partial charge in [0.1, 0.15) is 5.69 Å². The van der Waals surface area contributed by atoms with E-state index >= 15 is 0 Å². The van der Waals surface area contributed by atoms with Gasteiger partial charge in [0.25, 0.3) is 11.5 Å². The van der Waals surface area contributed by atoms with Crippen LogP contribution in [-0.2, 0) is 16.5 Å². The fourth-order valence-electron chi connectivity index (χ4n) is 10.7. The zero-order valence-corrected chi connectivity index (χ0v) is 33.1. The van der Waals surface area contributed by atoms with Crippen LogP contribution >= 0.6 is 11.3 Å². The molecule has 12 rings (SSSR count). The number of benzene rings is 8. The molecule has 56 heavy (non-hydrogen) atoms. The summed E-state index contributed by atoms with van der Waals surface area (Å²) in [5.41, 5.74) is 14.0. The van der Waals surface area contributed by atoms with Gasteiger partial charge < -0.3 is 0 Å². The molecule has 268 valence electrons. The van der Waals surface area contributed by atoms with E-state index in [1.54, 1.807) is 0 Å². The van der Waals surface area contributed by atoms with Crippen molar-refractivity contribution in [3.05, 3.63) is 185 Å². The molecule has 1 atom stereocenters. The molecular weight excluding hydrogens is 697 g/mol. The summed E-state index contributed by atoms with van der Waals surface area (Å²) in [7, 11) is 0. The van der Waals surface area contributed by atoms with E-state index in [4.69, 9.17) is 0 Å². The minimum Gasteiger partial charge on any atom is -0.227 e. The Morgan fingerprint density at radius 2 is 1.09 bits per heavy atom. The molecule has 9 aromatic rings. The van der Waals surface area contributed by atoms with E-state index in [9.17, 15) is 0 Å². The average molecular weight is 738 g/mol. The first kappa shape index (κ1) is 32.2. The summed E-state index contributed by atoms with van der Waals surface area (Å²) in [6.07, 6.45) is 0. The smallest absolute Gasteiger partial charge is 0.227 e. The first-order chi connectivity index (χ1) is 27.1. The van der Waals surface area contributed by atoms with Crippen LogP contribution in [-0.4, -0.2) is 10.4 Å². The molecule has 0 saturated carbocycles. The Hall–Kier alpha value is -6.03. The molecule has 8 aromatic carbocycles. The van der Waals surface area contributed by atoms with Crippen molar-refractivity contribution in [2.24, 2.45) is 0 Å². The Labute approximate surface area is 331 Å². The second-order valence-electron chi connectivity index (χ2n) is 17.3. The summed E-state index contributed by atoms with van der Waals surface area (Å²) in [5, 5.41) is 12.0. The first-order valence-corrected chi connectivity index (χ1v) is 20.7. The predicted molar refractivity (Wildman–Crippen MR) is 237 cm³/mol. The largest absolute Gasteiger partial charge is 0.290 e. The molecule has 2 nitrogen and oxygen atoms in total. The highest BCUT2D eigenvalue weighted by Gasteiger charge is 2.53. The van der Waals surface area contributed by atoms with E-state index in [2.05, 4.69) is 196 Å². The van der Waals surface area contributed by atoms with Gasteiger partial charge in [-0.05, 0) is 121 Å². The van der Waals surface area contributed by atoms with Crippen molar-refractivity contribution in [3.8, 4) is 22.3 Å². The number of thiophene rings is 1. The highest BCUT2D eigenvalue weighted by Crippen LogP contribution is 2.52. The third kappa shape index (κ3) is 4.08. The molecule has 1 unspecified atom stereocenters. The number of amidine groups is 1. The van der Waals surface area contributed by atoms with E-state index in [0.29, 0.717) is 0 Å². The lowest BCUT2D eigenvalue weighted by atomic mass is 9.80. The Kier molecular flexibility index (Phi) is 6.24. The van der Waals surface area contributed by atoms with Crippen molar-refractivity contribution in [2.45, 2.75) is 51.1 Å². The first-order valence-electron chi connectivity index (χ1n) is 19.8. The van der Waals surface area contributed by atoms with Gasteiger partial charge in [-0.25, -0.2) is 5.32 Å². The number of nitrogens with zero attached hydrogens (tertiary/aromatic N) is 1. The van der Waals surface area contributed by atoms with Gasteiger partial charge in [-0.3, -0.25) is 0 Å². The van der Waals surface area contributed by atoms with Crippen LogP contribution in [0.4, 0.5) is 5.69 Å². The molecule has 0 radical (unpaired) electrons. The molecule has 0 spiro atoms. The van der Waals surface area contributed by atoms with Gasteiger partial charge in [0.05, 0.1) is 5.56 Å². The van der Waals surface area contributed by atoms with Gasteiger partial charge in [0.2, 0.25) is 0 Å². The van der Waals surface area contributed by atoms with Gasteiger partial charge in [-0.15, -0.1) is 11.3 Å². The zero-order valence-electron chi connectivity index (χ0n) is 32.3. The number of rotatable bonds is 3. The molecular formula is C53H41N2S+. The number of hydrogen-bond donors (Lipinski definition) is 1. The molecule has 0 amide bonds. The Bertz CT molecular complexity index is 3250. The lowest BCUT2D eigenvalue weighted by molar-refractivity contribution is -0.581. The maximum atomic E-state index is 4.08. The molecule has 2 aliphatic carbocycles. The summed E-state index contributed by atoms with van der Waals surface area (Å²) >= 11 is 1.89. The minimum absolute atomic E-state index is 0.0812. The molecule has 0 fully saturated rings. The van der Waals surface area contributed by atoms with E-state index in [1.807, 2.05) is 11.3 Å². The third-order valence-corrected chi connectivity index (χ3v) is 14.8. The van der Waals surface area contributed by atoms with Crippen molar-refractivity contribution in [1.82, 2.24) is 5.32 Å². The minimum atomic E-state index is -0.478. The molecule has 3 aliphatic rings. The summed E-state index contributed by atoms with van der Waals surface area (Å²) < 4.78 is 5.24. The lowest BCUT2D eigenvalue weighted by Crippen LogP contribution is -2.64. The summed E-state index contributed by atoms with van der Waals surface area (Å²) in [6, 6.07) is 57.4. The maximum absolute atomic E-state index is 4.08. The van der Waals surface area contributed by atoms with Crippen LogP contribution in [0.3, 0.4) is 0 Å². The average Bonchev–Trinajstić information content (AvgIpc) is 3.79. The highest BCUT2D eigenvalue weighted by molar-refractivity contribution is 7.26. The summed E-state index contributed by atoms with van der Waals surface area (Å²) in [4.78, 5) is 0. The van der Waals surface area contributed by atoms with E-state index in [1.165, 1.54) is 103 Å². The van der Waals surface area contributed by atoms with Crippen molar-refractivity contribution in [3.63, 3.8) is 0 Å². The third-order valence-electron chi connectivity index (χ3n) is 13.6. The molecule has 2 heterocycles. The van der Waals surface area contributed by atoms with E-state index < -0.39 is 5.66 Å². The van der Waals surface area contributed by atoms with E-state index in [0.717, 1.165) is 5.84 Å². The van der Waals surface area contributed by atoms with Crippen LogP contribution in [0.2, 0.25) is 0 Å². The fraction of sp³-hybridized carbons (Fsp3) is 0.151. The van der Waals surface area contributed by atoms with Gasteiger partial charge >= 0.3 is 0 Å². The monoisotopic (exact) mass is 737 g/mol. The van der Waals surface area contributed by atoms with Gasteiger partial charge in [-0.1, -0.05) is 125 Å². The molecule has 1 N–H and O–H groups in total. The number of fused-ring (bicyclic) bond motifs is 13. The van der Waals surface area contributed by atoms with Crippen LogP contribution in [0.25, 0.3) is 64.0 Å². The van der Waals surface area contributed by atoms with Crippen LogP contribution in [0.5, 0.6) is 0 Å². The van der Waals surface area contributed by atoms with Gasteiger partial charge in [0, 0.05) is 43.5 Å². The second kappa shape index (κ2) is 10.8. The normalized spacial score (nSPS) is 18.5. The molecule has 0 saturated heterocycles. The maximum Gasteiger partial charge on any atom is 0.290 e. The van der Waals surface area contributed by atoms with Gasteiger partial charge in [0.15, 0.2) is 0 Å². The molecule has 1 aliphatic heterocycles. The summed E-state index contributed by atoms with van der Waals surface area (Å²) in [5.74, 6) is 1.14. The highest BCUT2D eigenvalue weighted by atomic mass is 32.1. The van der Waals surface area contributed by atoms with Crippen LogP contribution in [0, 0.1) is 0 Å². The van der Waals surface area contributed by atoms with Crippen LogP contribution in [0.1, 0.15) is 68.0 Å². The zero-order chi connectivity index (χ0) is 37.7. The van der Waals surface area contributed by atoms with Crippen molar-refractivity contribution in [1.29, 1.82) is 0 Å². The Balaban J connectivity index is 1.07. The fourth-order valence-corrected chi connectivity index (χ4v) is 11.8. The SMILES string of the molecule is CC1(C)c2ccccc2-c2ccc(C3=[N+](c4ccc5c(ccc6ccc7sc8ccccc8c7c65)c4)C(C)(c4ccc5c(c4)C(C)(C)c4ccccc4-5)N3)cc21. The second-order valence-corrected chi connectivity index (χ2v) is 18.4. The molecule has 3 heteroatoms. The van der Waals surface area contributed by atoms with Gasteiger partial charge in [-0.2, -0.15) is 4.58 Å². The van der Waals surface area contributed by atoms with Crippen molar-refractivity contribution >= 4 is 64.6 Å². The number of hydrogen-bond acceptors (Lipinski definition) is 2. The molecule has 1 aromatic heterocycles. The Morgan fingerprint density at radius 3 is 1.86 bits per heavy atom. The Morgan fingerprint density at radius 1 is 0.464 bits per heavy atom. The number of nitrogens with one attached hydrogen (secondary N) is 1. The summed E-state index contributed by atoms with van der Waals surface area (Å²) in [6.45, 7) is 11.8. The van der Waals surface area contributed by atoms with E-state index in [-0.39, 0.29) is 10.8 Å². The topological polar surface area (TPSA) is 15.0 Å². The standard InChI is InChI=1S/C53H40N2S/c1-51(2)42-15-9-6-12-37(42)39-24-20-33(29-44(39)51)50-54-53(5,34-22-25-40-38-13-7-10-16-43(38)52(3,4)45(40)30-34)55(50)35-23-26-36-32(28-35)19-18-31-21-27-47-49(48(31)36)41-14-8-11-17-46(41)56-47/h6-30H,1-5H3/p+1. The predicted octanol–water partition coefficient (Wildman–Crippen LogP) is 13.5. The van der Waals surface area contributed by atoms with Crippen LogP contribution < -0.4 is 5.32 Å². The molecule has 0 bridgehead atoms.